The molecule has 2 atom stereocenters. The molecule has 0 radical (unpaired) electrons. The topological polar surface area (TPSA) is 96.3 Å². The number of carboxylic acids is 1. The van der Waals surface area contributed by atoms with Crippen LogP contribution in [0.2, 0.25) is 0 Å². The van der Waals surface area contributed by atoms with Crippen molar-refractivity contribution in [2.75, 3.05) is 13.7 Å². The molecule has 0 spiro atoms. The monoisotopic (exact) mass is 216 g/mol. The molecule has 1 aliphatic heterocycles. The maximum atomic E-state index is 11.2. The molecule has 0 aromatic carbocycles. The summed E-state index contributed by atoms with van der Waals surface area (Å²) in [5.74, 6) is -1.73. The van der Waals surface area contributed by atoms with E-state index in [4.69, 9.17) is 5.11 Å². The number of aliphatic carboxylic acids is 1. The summed E-state index contributed by atoms with van der Waals surface area (Å²) in [5.41, 5.74) is 0. The zero-order valence-corrected chi connectivity index (χ0v) is 8.25. The van der Waals surface area contributed by atoms with Crippen molar-refractivity contribution in [3.05, 3.63) is 4.91 Å². The summed E-state index contributed by atoms with van der Waals surface area (Å²) in [7, 11) is 1.22. The maximum Gasteiger partial charge on any atom is 0.330 e. The summed E-state index contributed by atoms with van der Waals surface area (Å²) < 4.78 is 4.49. The Morgan fingerprint density at radius 2 is 2.27 bits per heavy atom. The molecule has 1 heterocycles. The fourth-order valence-electron chi connectivity index (χ4n) is 1.74. The fourth-order valence-corrected chi connectivity index (χ4v) is 1.74. The van der Waals surface area contributed by atoms with Gasteiger partial charge in [0.25, 0.3) is 0 Å². The Morgan fingerprint density at radius 1 is 1.60 bits per heavy atom. The lowest BCUT2D eigenvalue weighted by Gasteiger charge is -2.14. The second-order valence-corrected chi connectivity index (χ2v) is 3.44. The first kappa shape index (κ1) is 11.4. The predicted molar refractivity (Wildman–Crippen MR) is 48.7 cm³/mol. The molecule has 0 amide bonds. The molecule has 15 heavy (non-hydrogen) atoms. The Morgan fingerprint density at radius 3 is 2.73 bits per heavy atom. The van der Waals surface area contributed by atoms with Crippen LogP contribution in [0, 0.1) is 10.8 Å². The Labute approximate surface area is 85.9 Å². The summed E-state index contributed by atoms with van der Waals surface area (Å²) >= 11 is 0. The summed E-state index contributed by atoms with van der Waals surface area (Å²) in [6.45, 7) is 0.190. The van der Waals surface area contributed by atoms with Crippen molar-refractivity contribution in [1.29, 1.82) is 0 Å². The van der Waals surface area contributed by atoms with E-state index in [1.165, 1.54) is 7.11 Å². The molecule has 2 unspecified atom stereocenters. The van der Waals surface area contributed by atoms with E-state index in [1.807, 2.05) is 0 Å². The molecule has 0 aliphatic carbocycles. The SMILES string of the molecule is COC(=O)C1CC(CC(=O)O)CN1N=O. The first-order valence-corrected chi connectivity index (χ1v) is 4.48. The van der Waals surface area contributed by atoms with E-state index in [-0.39, 0.29) is 18.9 Å². The molecule has 1 N–H and O–H groups in total. The number of carbonyl (C=O) groups is 2. The molecular weight excluding hydrogens is 204 g/mol. The van der Waals surface area contributed by atoms with E-state index in [9.17, 15) is 14.5 Å². The number of hydrogen-bond donors (Lipinski definition) is 1. The third kappa shape index (κ3) is 2.64. The highest BCUT2D eigenvalue weighted by atomic mass is 16.5. The van der Waals surface area contributed by atoms with Gasteiger partial charge in [0.2, 0.25) is 0 Å². The Balaban J connectivity index is 2.62. The highest BCUT2D eigenvalue weighted by Crippen LogP contribution is 2.26. The minimum atomic E-state index is -0.948. The minimum absolute atomic E-state index is 0.0699. The molecule has 0 bridgehead atoms. The minimum Gasteiger partial charge on any atom is -0.481 e. The van der Waals surface area contributed by atoms with Crippen molar-refractivity contribution < 1.29 is 19.4 Å². The van der Waals surface area contributed by atoms with Crippen LogP contribution in [-0.2, 0) is 14.3 Å². The second kappa shape index (κ2) is 4.72. The largest absolute Gasteiger partial charge is 0.481 e. The third-order valence-corrected chi connectivity index (χ3v) is 2.40. The highest BCUT2D eigenvalue weighted by molar-refractivity contribution is 5.76. The van der Waals surface area contributed by atoms with Crippen LogP contribution in [0.25, 0.3) is 0 Å². The van der Waals surface area contributed by atoms with E-state index in [0.29, 0.717) is 6.42 Å². The van der Waals surface area contributed by atoms with Crippen LogP contribution >= 0.6 is 0 Å². The van der Waals surface area contributed by atoms with Gasteiger partial charge in [-0.25, -0.2) is 9.80 Å². The van der Waals surface area contributed by atoms with Gasteiger partial charge in [-0.15, -0.1) is 4.91 Å². The highest BCUT2D eigenvalue weighted by Gasteiger charge is 2.38. The molecule has 1 rings (SSSR count). The molecular formula is C8H12N2O5. The van der Waals surface area contributed by atoms with Crippen LogP contribution in [0.15, 0.2) is 5.29 Å². The number of nitrogens with zero attached hydrogens (tertiary/aromatic N) is 2. The van der Waals surface area contributed by atoms with Gasteiger partial charge >= 0.3 is 11.9 Å². The smallest absolute Gasteiger partial charge is 0.330 e. The number of nitroso groups, excluding NO2 is 1. The number of hydrogen-bond acceptors (Lipinski definition) is 5. The van der Waals surface area contributed by atoms with Crippen LogP contribution < -0.4 is 0 Å². The fraction of sp³-hybridized carbons (Fsp3) is 0.750. The van der Waals surface area contributed by atoms with Crippen molar-refractivity contribution in [1.82, 2.24) is 5.01 Å². The molecule has 0 aromatic heterocycles. The van der Waals surface area contributed by atoms with Crippen molar-refractivity contribution in [2.45, 2.75) is 18.9 Å². The number of rotatable bonds is 4. The lowest BCUT2D eigenvalue weighted by molar-refractivity contribution is -0.146. The quantitative estimate of drug-likeness (QED) is 0.525. The number of ether oxygens (including phenoxy) is 1. The van der Waals surface area contributed by atoms with Gasteiger partial charge in [-0.1, -0.05) is 0 Å². The number of esters is 1. The van der Waals surface area contributed by atoms with Crippen LogP contribution in [0.1, 0.15) is 12.8 Å². The Kier molecular flexibility index (Phi) is 3.59. The summed E-state index contributed by atoms with van der Waals surface area (Å²) in [6.07, 6.45) is 0.226. The summed E-state index contributed by atoms with van der Waals surface area (Å²) in [5, 5.41) is 12.3. The van der Waals surface area contributed by atoms with Crippen molar-refractivity contribution in [2.24, 2.45) is 11.2 Å². The van der Waals surface area contributed by atoms with Gasteiger partial charge in [-0.05, 0) is 12.3 Å². The first-order valence-electron chi connectivity index (χ1n) is 4.48. The predicted octanol–water partition coefficient (Wildman–Crippen LogP) is 0.00600. The maximum absolute atomic E-state index is 11.2. The average molecular weight is 216 g/mol. The average Bonchev–Trinajstić information content (AvgIpc) is 2.58. The molecule has 0 saturated carbocycles. The standard InChI is InChI=1S/C8H12N2O5/c1-15-8(13)6-2-5(3-7(11)12)4-10(6)9-14/h5-6H,2-4H2,1H3,(H,11,12). The third-order valence-electron chi connectivity index (χ3n) is 2.40. The normalized spacial score (nSPS) is 25.0. The van der Waals surface area contributed by atoms with E-state index in [2.05, 4.69) is 10.0 Å². The number of methoxy groups -OCH3 is 1. The number of carbonyl (C=O) groups excluding carboxylic acids is 1. The van der Waals surface area contributed by atoms with E-state index in [0.717, 1.165) is 5.01 Å². The lowest BCUT2D eigenvalue weighted by atomic mass is 10.0. The van der Waals surface area contributed by atoms with Gasteiger partial charge in [-0.3, -0.25) is 4.79 Å². The Bertz CT molecular complexity index is 280. The molecule has 1 saturated heterocycles. The molecule has 1 fully saturated rings. The molecule has 0 aromatic rings. The molecule has 7 heteroatoms. The van der Waals surface area contributed by atoms with Gasteiger partial charge < -0.3 is 9.84 Å². The van der Waals surface area contributed by atoms with E-state index < -0.39 is 18.0 Å². The molecule has 7 nitrogen and oxygen atoms in total. The van der Waals surface area contributed by atoms with Crippen LogP contribution in [-0.4, -0.2) is 41.8 Å². The van der Waals surface area contributed by atoms with Gasteiger partial charge in [0, 0.05) is 13.0 Å². The second-order valence-electron chi connectivity index (χ2n) is 3.44. The molecule has 1 aliphatic rings. The van der Waals surface area contributed by atoms with Crippen LogP contribution in [0.3, 0.4) is 0 Å². The van der Waals surface area contributed by atoms with Gasteiger partial charge in [0.05, 0.1) is 12.4 Å². The van der Waals surface area contributed by atoms with Gasteiger partial charge in [0.15, 0.2) is 0 Å². The number of carboxylic acid groups (broad SMARTS) is 1. The zero-order valence-electron chi connectivity index (χ0n) is 8.25. The lowest BCUT2D eigenvalue weighted by Crippen LogP contribution is -2.32. The van der Waals surface area contributed by atoms with Crippen LogP contribution in [0.4, 0.5) is 0 Å². The summed E-state index contributed by atoms with van der Waals surface area (Å²) in [6, 6.07) is -0.739. The van der Waals surface area contributed by atoms with Crippen molar-refractivity contribution >= 4 is 11.9 Å². The van der Waals surface area contributed by atoms with Crippen molar-refractivity contribution in [3.8, 4) is 0 Å². The first-order chi connectivity index (χ1) is 7.08. The zero-order chi connectivity index (χ0) is 11.4. The Hall–Kier alpha value is -1.66. The van der Waals surface area contributed by atoms with Crippen molar-refractivity contribution in [3.63, 3.8) is 0 Å². The van der Waals surface area contributed by atoms with E-state index >= 15 is 0 Å². The van der Waals surface area contributed by atoms with Gasteiger partial charge in [-0.2, -0.15) is 0 Å². The van der Waals surface area contributed by atoms with Crippen LogP contribution in [0.5, 0.6) is 0 Å². The van der Waals surface area contributed by atoms with Gasteiger partial charge in [0.1, 0.15) is 6.04 Å². The molecule has 84 valence electrons. The summed E-state index contributed by atoms with van der Waals surface area (Å²) in [4.78, 5) is 32.0. The van der Waals surface area contributed by atoms with E-state index in [1.54, 1.807) is 0 Å².